The first-order chi connectivity index (χ1) is 7.75. The minimum Gasteiger partial charge on any atom is -0.300 e. The van der Waals surface area contributed by atoms with Crippen LogP contribution in [0.1, 0.15) is 0 Å². The number of aromatic nitrogens is 1. The molecule has 2 bridgehead atoms. The minimum absolute atomic E-state index is 0.0764. The number of pyridine rings is 1. The summed E-state index contributed by atoms with van der Waals surface area (Å²) < 4.78 is 12.1. The third-order valence-corrected chi connectivity index (χ3v) is 3.19. The van der Waals surface area contributed by atoms with E-state index in [0.29, 0.717) is 0 Å². The van der Waals surface area contributed by atoms with E-state index in [4.69, 9.17) is 11.6 Å². The molecule has 3 aliphatic heterocycles. The molecular formula is C11H15ClFN3. The lowest BCUT2D eigenvalue weighted by molar-refractivity contribution is 0.0647. The molecule has 16 heavy (non-hydrogen) atoms. The van der Waals surface area contributed by atoms with E-state index in [-0.39, 0.29) is 5.15 Å². The van der Waals surface area contributed by atoms with Gasteiger partial charge in [-0.25, -0.2) is 9.37 Å². The topological polar surface area (TPSA) is 19.4 Å². The van der Waals surface area contributed by atoms with Crippen LogP contribution in [0.5, 0.6) is 0 Å². The van der Waals surface area contributed by atoms with Crippen molar-refractivity contribution in [1.82, 2.24) is 14.8 Å². The van der Waals surface area contributed by atoms with Crippen molar-refractivity contribution in [2.24, 2.45) is 0 Å². The Hall–Kier alpha value is -0.710. The third-order valence-electron chi connectivity index (χ3n) is 2.91. The number of fused-ring (bicyclic) bond motifs is 3. The molecule has 0 spiro atoms. The molecule has 3 fully saturated rings. The second-order valence-corrected chi connectivity index (χ2v) is 4.32. The highest BCUT2D eigenvalue weighted by atomic mass is 35.5. The second-order valence-electron chi connectivity index (χ2n) is 3.96. The lowest BCUT2D eigenvalue weighted by atomic mass is 10.2. The zero-order chi connectivity index (χ0) is 11.4. The molecule has 1 aromatic heterocycles. The maximum Gasteiger partial charge on any atom is 0.164 e. The number of rotatable bonds is 0. The summed E-state index contributed by atoms with van der Waals surface area (Å²) in [5.74, 6) is -0.478. The van der Waals surface area contributed by atoms with Crippen LogP contribution in [0.15, 0.2) is 18.3 Å². The molecule has 4 rings (SSSR count). The maximum atomic E-state index is 12.1. The summed E-state index contributed by atoms with van der Waals surface area (Å²) in [6.45, 7) is 7.92. The van der Waals surface area contributed by atoms with Gasteiger partial charge in [0.1, 0.15) is 0 Å². The van der Waals surface area contributed by atoms with Crippen molar-refractivity contribution in [1.29, 1.82) is 0 Å². The fourth-order valence-electron chi connectivity index (χ4n) is 1.89. The Bertz CT molecular complexity index is 296. The zero-order valence-electron chi connectivity index (χ0n) is 9.07. The zero-order valence-corrected chi connectivity index (χ0v) is 9.83. The van der Waals surface area contributed by atoms with Crippen LogP contribution >= 0.6 is 11.6 Å². The van der Waals surface area contributed by atoms with Crippen LogP contribution in [0, 0.1) is 5.82 Å². The van der Waals surface area contributed by atoms with Crippen LogP contribution in [0.25, 0.3) is 0 Å². The predicted octanol–water partition coefficient (Wildman–Crippen LogP) is 1.49. The molecule has 0 aromatic carbocycles. The first kappa shape index (κ1) is 11.8. The average Bonchev–Trinajstić information content (AvgIpc) is 2.36. The van der Waals surface area contributed by atoms with Gasteiger partial charge in [-0.1, -0.05) is 11.6 Å². The van der Waals surface area contributed by atoms with Crippen molar-refractivity contribution in [2.45, 2.75) is 0 Å². The van der Waals surface area contributed by atoms with E-state index in [2.05, 4.69) is 14.8 Å². The highest BCUT2D eigenvalue weighted by Crippen LogP contribution is 2.07. The maximum absolute atomic E-state index is 12.1. The second kappa shape index (κ2) is 5.57. The summed E-state index contributed by atoms with van der Waals surface area (Å²) in [7, 11) is 0. The van der Waals surface area contributed by atoms with Gasteiger partial charge in [0.2, 0.25) is 0 Å². The summed E-state index contributed by atoms with van der Waals surface area (Å²) in [6.07, 6.45) is 1.44. The number of hydrogen-bond acceptors (Lipinski definition) is 3. The Balaban J connectivity index is 0.000000120. The van der Waals surface area contributed by atoms with Crippen molar-refractivity contribution in [3.8, 4) is 0 Å². The molecular weight excluding hydrogens is 229 g/mol. The van der Waals surface area contributed by atoms with Crippen molar-refractivity contribution < 1.29 is 4.39 Å². The van der Waals surface area contributed by atoms with Crippen LogP contribution in [-0.2, 0) is 0 Å². The van der Waals surface area contributed by atoms with Gasteiger partial charge in [-0.15, -0.1) is 0 Å². The van der Waals surface area contributed by atoms with Crippen molar-refractivity contribution in [3.63, 3.8) is 0 Å². The molecule has 1 aromatic rings. The van der Waals surface area contributed by atoms with E-state index >= 15 is 0 Å². The first-order valence-electron chi connectivity index (χ1n) is 5.46. The largest absolute Gasteiger partial charge is 0.300 e. The molecule has 0 atom stereocenters. The van der Waals surface area contributed by atoms with Crippen LogP contribution in [0.4, 0.5) is 4.39 Å². The third kappa shape index (κ3) is 3.14. The highest BCUT2D eigenvalue weighted by Gasteiger charge is 2.21. The van der Waals surface area contributed by atoms with Crippen LogP contribution in [0.3, 0.4) is 0 Å². The monoisotopic (exact) mass is 243 g/mol. The minimum atomic E-state index is -0.478. The Morgan fingerprint density at radius 2 is 1.56 bits per heavy atom. The molecule has 4 heterocycles. The Labute approximate surface area is 99.8 Å². The van der Waals surface area contributed by atoms with Gasteiger partial charge < -0.3 is 0 Å². The lowest BCUT2D eigenvalue weighted by Crippen LogP contribution is -2.55. The average molecular weight is 244 g/mol. The molecule has 3 nitrogen and oxygen atoms in total. The van der Waals surface area contributed by atoms with Gasteiger partial charge in [-0.2, -0.15) is 0 Å². The summed E-state index contributed by atoms with van der Waals surface area (Å²) in [5.41, 5.74) is 0. The number of piperazine rings is 3. The summed E-state index contributed by atoms with van der Waals surface area (Å²) in [6, 6.07) is 2.75. The summed E-state index contributed by atoms with van der Waals surface area (Å²) >= 11 is 5.22. The molecule has 0 unspecified atom stereocenters. The molecule has 0 saturated carbocycles. The standard InChI is InChI=1S/C6H12N2.C5H3ClFN/c1-2-8-5-3-7(1)4-6-8;6-5-4(7)2-1-3-8-5/h1-6H2;1-3H. The van der Waals surface area contributed by atoms with Gasteiger partial charge >= 0.3 is 0 Å². The van der Waals surface area contributed by atoms with E-state index in [1.807, 2.05) is 0 Å². The Kier molecular flexibility index (Phi) is 4.09. The van der Waals surface area contributed by atoms with Gasteiger partial charge in [0.25, 0.3) is 0 Å². The van der Waals surface area contributed by atoms with Gasteiger partial charge in [0.05, 0.1) is 0 Å². The van der Waals surface area contributed by atoms with Gasteiger partial charge in [-0.3, -0.25) is 9.80 Å². The van der Waals surface area contributed by atoms with E-state index in [9.17, 15) is 4.39 Å². The summed E-state index contributed by atoms with van der Waals surface area (Å²) in [5, 5.41) is -0.0764. The molecule has 0 radical (unpaired) electrons. The number of hydrogen-bond donors (Lipinski definition) is 0. The van der Waals surface area contributed by atoms with E-state index in [1.54, 1.807) is 0 Å². The van der Waals surface area contributed by atoms with Crippen molar-refractivity contribution in [3.05, 3.63) is 29.3 Å². The van der Waals surface area contributed by atoms with E-state index < -0.39 is 5.82 Å². The normalized spacial score (nSPS) is 27.1. The lowest BCUT2D eigenvalue weighted by Gasteiger charge is -2.41. The van der Waals surface area contributed by atoms with Crippen LogP contribution < -0.4 is 0 Å². The fourth-order valence-corrected chi connectivity index (χ4v) is 2.01. The van der Waals surface area contributed by atoms with Crippen LogP contribution in [-0.4, -0.2) is 54.1 Å². The van der Waals surface area contributed by atoms with Crippen molar-refractivity contribution >= 4 is 11.6 Å². The first-order valence-corrected chi connectivity index (χ1v) is 5.84. The summed E-state index contributed by atoms with van der Waals surface area (Å²) in [4.78, 5) is 8.55. The van der Waals surface area contributed by atoms with Gasteiger partial charge in [0.15, 0.2) is 11.0 Å². The molecule has 3 aliphatic rings. The molecule has 0 amide bonds. The van der Waals surface area contributed by atoms with E-state index in [1.165, 1.54) is 57.6 Å². The van der Waals surface area contributed by atoms with Gasteiger partial charge in [0, 0.05) is 45.5 Å². The SMILES string of the molecule is C1CN2CCN1CC2.Fc1cccnc1Cl. The van der Waals surface area contributed by atoms with Crippen LogP contribution in [0.2, 0.25) is 5.15 Å². The number of halogens is 2. The van der Waals surface area contributed by atoms with E-state index in [0.717, 1.165) is 0 Å². The highest BCUT2D eigenvalue weighted by molar-refractivity contribution is 6.29. The number of nitrogens with zero attached hydrogens (tertiary/aromatic N) is 3. The predicted molar refractivity (Wildman–Crippen MR) is 62.1 cm³/mol. The fraction of sp³-hybridized carbons (Fsp3) is 0.545. The molecule has 0 N–H and O–H groups in total. The molecule has 3 saturated heterocycles. The van der Waals surface area contributed by atoms with Crippen molar-refractivity contribution in [2.75, 3.05) is 39.3 Å². The smallest absolute Gasteiger partial charge is 0.164 e. The Morgan fingerprint density at radius 3 is 1.81 bits per heavy atom. The molecule has 88 valence electrons. The quantitative estimate of drug-likeness (QED) is 0.644. The molecule has 5 heteroatoms. The molecule has 0 aliphatic carbocycles. The van der Waals surface area contributed by atoms with Gasteiger partial charge in [-0.05, 0) is 12.1 Å². The Morgan fingerprint density at radius 1 is 1.06 bits per heavy atom.